The van der Waals surface area contributed by atoms with Crippen molar-refractivity contribution in [1.82, 2.24) is 20.3 Å². The van der Waals surface area contributed by atoms with Gasteiger partial charge in [-0.2, -0.15) is 0 Å². The van der Waals surface area contributed by atoms with Gasteiger partial charge >= 0.3 is 0 Å². The maximum absolute atomic E-state index is 13.3. The lowest BCUT2D eigenvalue weighted by atomic mass is 9.98. The van der Waals surface area contributed by atoms with E-state index < -0.39 is 25.9 Å². The summed E-state index contributed by atoms with van der Waals surface area (Å²) in [5.41, 5.74) is 1.49. The van der Waals surface area contributed by atoms with Crippen LogP contribution in [-0.2, 0) is 9.05 Å². The fraction of sp³-hybridized carbons (Fsp3) is 0.214. The molecule has 0 bridgehead atoms. The van der Waals surface area contributed by atoms with Crippen LogP contribution in [0.3, 0.4) is 0 Å². The number of benzene rings is 2. The van der Waals surface area contributed by atoms with Crippen LogP contribution in [0.2, 0.25) is 0 Å². The first-order valence-corrected chi connectivity index (χ1v) is 13.3. The first-order valence-electron chi connectivity index (χ1n) is 12.2. The number of nitrogens with zero attached hydrogens (tertiary/aromatic N) is 2. The van der Waals surface area contributed by atoms with Gasteiger partial charge < -0.3 is 24.1 Å². The van der Waals surface area contributed by atoms with Gasteiger partial charge in [0.2, 0.25) is 8.38 Å². The number of aromatic nitrogens is 3. The molecule has 0 saturated heterocycles. The number of H-pyrrole nitrogens is 1. The van der Waals surface area contributed by atoms with E-state index in [0.29, 0.717) is 24.7 Å². The topological polar surface area (TPSA) is 115 Å². The zero-order valence-corrected chi connectivity index (χ0v) is 22.3. The number of hydrogen-bond donors (Lipinski definition) is 2. The minimum atomic E-state index is -1.19. The van der Waals surface area contributed by atoms with Crippen LogP contribution >= 0.6 is 8.38 Å². The van der Waals surface area contributed by atoms with Crippen molar-refractivity contribution >= 4 is 19.6 Å². The number of hydrogen-bond acceptors (Lipinski definition) is 7. The second kappa shape index (κ2) is 13.1. The normalized spacial score (nSPS) is 11.8. The smallest absolute Gasteiger partial charge is 0.264 e. The van der Waals surface area contributed by atoms with Crippen molar-refractivity contribution in [3.63, 3.8) is 0 Å². The Morgan fingerprint density at radius 3 is 2.16 bits per heavy atom. The maximum atomic E-state index is 13.3. The lowest BCUT2D eigenvalue weighted by molar-refractivity contribution is 0.0941. The summed E-state index contributed by atoms with van der Waals surface area (Å²) in [4.78, 5) is 37.2. The van der Waals surface area contributed by atoms with Gasteiger partial charge in [-0.05, 0) is 61.4 Å². The molecule has 196 valence electrons. The van der Waals surface area contributed by atoms with Crippen LogP contribution in [0.15, 0.2) is 83.9 Å². The van der Waals surface area contributed by atoms with E-state index in [4.69, 9.17) is 13.8 Å². The average molecular weight is 533 g/mol. The molecule has 1 atom stereocenters. The van der Waals surface area contributed by atoms with Gasteiger partial charge in [0.25, 0.3) is 11.5 Å². The maximum Gasteiger partial charge on any atom is 0.264 e. The van der Waals surface area contributed by atoms with Gasteiger partial charge in [0.05, 0.1) is 26.4 Å². The van der Waals surface area contributed by atoms with Gasteiger partial charge in [0.1, 0.15) is 17.0 Å². The lowest BCUT2D eigenvalue weighted by Crippen LogP contribution is -2.33. The van der Waals surface area contributed by atoms with E-state index in [0.717, 1.165) is 16.4 Å². The van der Waals surface area contributed by atoms with Crippen molar-refractivity contribution in [2.45, 2.75) is 19.9 Å². The Hall–Kier alpha value is -3.91. The predicted molar refractivity (Wildman–Crippen MR) is 147 cm³/mol. The van der Waals surface area contributed by atoms with Crippen LogP contribution in [0.5, 0.6) is 5.75 Å². The third-order valence-corrected chi connectivity index (χ3v) is 7.31. The molecule has 2 N–H and O–H groups in total. The zero-order valence-electron chi connectivity index (χ0n) is 21.4. The predicted octanol–water partition coefficient (Wildman–Crippen LogP) is 4.37. The van der Waals surface area contributed by atoms with Gasteiger partial charge in [-0.25, -0.2) is 4.98 Å². The quantitative estimate of drug-likeness (QED) is 0.276. The van der Waals surface area contributed by atoms with Crippen LogP contribution in [0, 0.1) is 0 Å². The Morgan fingerprint density at radius 1 is 0.947 bits per heavy atom. The highest BCUT2D eigenvalue weighted by Crippen LogP contribution is 2.37. The average Bonchev–Trinajstić information content (AvgIpc) is 2.96. The molecule has 1 amide bonds. The van der Waals surface area contributed by atoms with Crippen molar-refractivity contribution in [2.24, 2.45) is 0 Å². The highest BCUT2D eigenvalue weighted by atomic mass is 31.2. The minimum absolute atomic E-state index is 0.101. The van der Waals surface area contributed by atoms with Gasteiger partial charge in [0, 0.05) is 17.7 Å². The fourth-order valence-corrected chi connectivity index (χ4v) is 5.00. The standard InChI is InChI=1S/C28H29N4O5P/c1-4-36-38(37-5-2)22-15-11-20(12-16-22)25(19-9-13-21(35-3)14-10-19)31-27(33)23-18-30-26(32-28(23)34)24-8-6-7-17-29-24/h6-18,25H,4-5H2,1-3H3,(H,31,33)(H,30,32,34). The van der Waals surface area contributed by atoms with E-state index in [-0.39, 0.29) is 11.4 Å². The molecule has 4 aromatic rings. The molecular weight excluding hydrogens is 503 g/mol. The number of ether oxygens (including phenoxy) is 1. The van der Waals surface area contributed by atoms with E-state index in [9.17, 15) is 9.59 Å². The number of aromatic amines is 1. The van der Waals surface area contributed by atoms with E-state index in [1.165, 1.54) is 6.20 Å². The third kappa shape index (κ3) is 6.50. The van der Waals surface area contributed by atoms with Crippen molar-refractivity contribution < 1.29 is 18.6 Å². The Balaban J connectivity index is 1.63. The van der Waals surface area contributed by atoms with Crippen LogP contribution in [0.4, 0.5) is 0 Å². The first kappa shape index (κ1) is 27.1. The molecule has 2 aromatic heterocycles. The minimum Gasteiger partial charge on any atom is -0.497 e. The summed E-state index contributed by atoms with van der Waals surface area (Å²) >= 11 is 0. The van der Waals surface area contributed by atoms with Crippen LogP contribution in [-0.4, -0.2) is 41.2 Å². The van der Waals surface area contributed by atoms with Crippen LogP contribution < -0.4 is 20.9 Å². The summed E-state index contributed by atoms with van der Waals surface area (Å²) in [5.74, 6) is 0.427. The second-order valence-electron chi connectivity index (χ2n) is 8.05. The molecular formula is C28H29N4O5P. The number of amides is 1. The summed E-state index contributed by atoms with van der Waals surface area (Å²) < 4.78 is 16.8. The number of methoxy groups -OCH3 is 1. The molecule has 0 spiro atoms. The second-order valence-corrected chi connectivity index (χ2v) is 9.60. The van der Waals surface area contributed by atoms with Gasteiger partial charge in [-0.15, -0.1) is 0 Å². The van der Waals surface area contributed by atoms with Crippen LogP contribution in [0.25, 0.3) is 11.5 Å². The zero-order chi connectivity index (χ0) is 26.9. The summed E-state index contributed by atoms with van der Waals surface area (Å²) in [6.45, 7) is 4.94. The summed E-state index contributed by atoms with van der Waals surface area (Å²) in [6.07, 6.45) is 2.87. The molecule has 0 aliphatic carbocycles. The largest absolute Gasteiger partial charge is 0.497 e. The summed E-state index contributed by atoms with van der Waals surface area (Å²) in [7, 11) is 0.402. The first-order chi connectivity index (χ1) is 18.5. The number of pyridine rings is 1. The molecule has 10 heteroatoms. The van der Waals surface area contributed by atoms with E-state index >= 15 is 0 Å². The molecule has 4 rings (SSSR count). The Bertz CT molecular complexity index is 1390. The van der Waals surface area contributed by atoms with Gasteiger partial charge in [-0.1, -0.05) is 30.3 Å². The molecule has 0 saturated carbocycles. The van der Waals surface area contributed by atoms with Gasteiger partial charge in [0.15, 0.2) is 5.82 Å². The van der Waals surface area contributed by atoms with Crippen molar-refractivity contribution in [3.05, 3.63) is 106 Å². The molecule has 9 nitrogen and oxygen atoms in total. The molecule has 38 heavy (non-hydrogen) atoms. The molecule has 0 fully saturated rings. The van der Waals surface area contributed by atoms with E-state index in [1.54, 1.807) is 31.5 Å². The number of nitrogens with one attached hydrogen (secondary N) is 2. The molecule has 2 aromatic carbocycles. The molecule has 1 unspecified atom stereocenters. The summed E-state index contributed by atoms with van der Waals surface area (Å²) in [5, 5.41) is 3.92. The van der Waals surface area contributed by atoms with Crippen molar-refractivity contribution in [3.8, 4) is 17.3 Å². The van der Waals surface area contributed by atoms with Crippen LogP contribution in [0.1, 0.15) is 41.4 Å². The SMILES string of the molecule is CCOP(OCC)c1ccc(C(NC(=O)c2cnc(-c3ccccn3)[nH]c2=O)c2ccc(OC)cc2)cc1. The molecule has 0 aliphatic heterocycles. The monoisotopic (exact) mass is 532 g/mol. The number of carbonyl (C=O) groups excluding carboxylic acids is 1. The van der Waals surface area contributed by atoms with Gasteiger partial charge in [-0.3, -0.25) is 14.6 Å². The number of rotatable bonds is 11. The van der Waals surface area contributed by atoms with Crippen molar-refractivity contribution in [1.29, 1.82) is 0 Å². The highest BCUT2D eigenvalue weighted by molar-refractivity contribution is 7.56. The highest BCUT2D eigenvalue weighted by Gasteiger charge is 2.22. The summed E-state index contributed by atoms with van der Waals surface area (Å²) in [6, 6.07) is 19.8. The molecule has 0 radical (unpaired) electrons. The fourth-order valence-electron chi connectivity index (χ4n) is 3.76. The van der Waals surface area contributed by atoms with E-state index in [1.807, 2.05) is 62.4 Å². The third-order valence-electron chi connectivity index (χ3n) is 5.61. The lowest BCUT2D eigenvalue weighted by Gasteiger charge is -2.21. The van der Waals surface area contributed by atoms with E-state index in [2.05, 4.69) is 20.3 Å². The molecule has 2 heterocycles. The number of carbonyl (C=O) groups is 1. The Morgan fingerprint density at radius 2 is 1.61 bits per heavy atom. The molecule has 0 aliphatic rings. The van der Waals surface area contributed by atoms with Crippen molar-refractivity contribution in [2.75, 3.05) is 20.3 Å². The Kier molecular flexibility index (Phi) is 9.32. The Labute approximate surface area is 222 Å².